The van der Waals surface area contributed by atoms with Crippen molar-refractivity contribution in [2.24, 2.45) is 0 Å². The third-order valence-corrected chi connectivity index (χ3v) is 0. The molecule has 0 aromatic carbocycles. The predicted molar refractivity (Wildman–Crippen MR) is 24.3 cm³/mol. The van der Waals surface area contributed by atoms with Gasteiger partial charge in [-0.05, 0) is 0 Å². The van der Waals surface area contributed by atoms with Gasteiger partial charge in [0.2, 0.25) is 0 Å². The van der Waals surface area contributed by atoms with Crippen LogP contribution in [-0.2, 0) is 60.3 Å². The summed E-state index contributed by atoms with van der Waals surface area (Å²) in [5.74, 6) is 0. The molecule has 0 heterocycles. The fourth-order valence-electron chi connectivity index (χ4n) is 0. The second kappa shape index (κ2) is 42.6. The zero-order valence-corrected chi connectivity index (χ0v) is 6.46. The monoisotopic (exact) mass is 193 g/mol. The summed E-state index contributed by atoms with van der Waals surface area (Å²) in [6, 6.07) is 0. The Morgan fingerprint density at radius 3 is 1.20 bits per heavy atom. The van der Waals surface area contributed by atoms with Gasteiger partial charge in [0.15, 0.2) is 0 Å². The van der Waals surface area contributed by atoms with Crippen molar-refractivity contribution >= 4 is 26.1 Å². The van der Waals surface area contributed by atoms with Crippen molar-refractivity contribution in [2.45, 2.75) is 0 Å². The first-order valence-corrected chi connectivity index (χ1v) is 1.06. The summed E-state index contributed by atoms with van der Waals surface area (Å²) in [6.07, 6.45) is 3.06. The fourth-order valence-corrected chi connectivity index (χ4v) is 0. The van der Waals surface area contributed by atoms with Crippen molar-refractivity contribution < 1.29 is 34.1 Å². The molecule has 36 valence electrons. The third kappa shape index (κ3) is 26.5. The normalized spacial score (nSPS) is 1.20. The largest absolute Gasteiger partial charge is 2.00 e. The molecule has 0 aliphatic rings. The topological polar surface area (TPSA) is 0 Å². The molecule has 0 spiro atoms. The summed E-state index contributed by atoms with van der Waals surface area (Å²) in [4.78, 5) is 0. The standard InChI is InChI=1S/CH4S.2Fe.H2S/c1-2;;;/h1-2H2;;;1H2/q;;+2;/p-1. The molecule has 0 N–H and O–H groups in total. The van der Waals surface area contributed by atoms with Gasteiger partial charge in [-0.2, -0.15) is 0 Å². The van der Waals surface area contributed by atoms with E-state index in [0.717, 1.165) is 0 Å². The molecule has 0 radical (unpaired) electrons. The minimum absolute atomic E-state index is 0. The van der Waals surface area contributed by atoms with Crippen LogP contribution < -0.4 is 0 Å². The van der Waals surface area contributed by atoms with Gasteiger partial charge in [0.05, 0.1) is 0 Å². The summed E-state index contributed by atoms with van der Waals surface area (Å²) in [5, 5.41) is 0. The van der Waals surface area contributed by atoms with Crippen LogP contribution in [0.25, 0.3) is 0 Å². The smallest absolute Gasteiger partial charge is 0.813 e. The third-order valence-electron chi connectivity index (χ3n) is 0. The molecule has 0 aliphatic carbocycles. The van der Waals surface area contributed by atoms with Crippen LogP contribution in [0.4, 0.5) is 0 Å². The average molecular weight is 193 g/mol. The maximum absolute atomic E-state index is 3.06. The molecule has 0 fully saturated rings. The first-order valence-electron chi connectivity index (χ1n) is 0.354. The van der Waals surface area contributed by atoms with Crippen molar-refractivity contribution in [1.82, 2.24) is 0 Å². The molecule has 0 aromatic heterocycles. The quantitative estimate of drug-likeness (QED) is 0.164. The summed E-state index contributed by atoms with van der Waals surface area (Å²) in [5.41, 5.74) is 0. The van der Waals surface area contributed by atoms with E-state index in [9.17, 15) is 0 Å². The van der Waals surface area contributed by atoms with Crippen LogP contribution in [0.15, 0.2) is 0 Å². The molecular formula is CH5Fe2S2+. The Balaban J connectivity index is -0.00000000167. The van der Waals surface area contributed by atoms with Crippen LogP contribution in [0.1, 0.15) is 0 Å². The van der Waals surface area contributed by atoms with Crippen LogP contribution >= 0.6 is 0 Å². The van der Waals surface area contributed by atoms with E-state index in [1.165, 1.54) is 0 Å². The van der Waals surface area contributed by atoms with Crippen LogP contribution in [0.3, 0.4) is 0 Å². The number of rotatable bonds is 0. The molecule has 0 amide bonds. The predicted octanol–water partition coefficient (Wildman–Crippen LogP) is -0.486. The van der Waals surface area contributed by atoms with Gasteiger partial charge in [-0.1, -0.05) is 0 Å². The zero-order chi connectivity index (χ0) is 2.00. The van der Waals surface area contributed by atoms with E-state index < -0.39 is 0 Å². The van der Waals surface area contributed by atoms with E-state index >= 15 is 0 Å². The summed E-state index contributed by atoms with van der Waals surface area (Å²) < 4.78 is 0. The molecule has 0 aromatic rings. The zero-order valence-electron chi connectivity index (χ0n) is 2.36. The first-order chi connectivity index (χ1) is 1.00. The molecular weight excluding hydrogens is 188 g/mol. The summed E-state index contributed by atoms with van der Waals surface area (Å²) in [6.45, 7) is 0. The molecule has 5 heavy (non-hydrogen) atoms. The SMILES string of the molecule is [CH2-][SH2+].[Fe+2].[Fe].[SH-]. The first kappa shape index (κ1) is 29.6. The van der Waals surface area contributed by atoms with E-state index in [-0.39, 0.29) is 47.6 Å². The van der Waals surface area contributed by atoms with Gasteiger partial charge in [0.1, 0.15) is 0 Å². The minimum Gasteiger partial charge on any atom is -0.813 e. The molecule has 0 aliphatic heterocycles. The van der Waals surface area contributed by atoms with E-state index in [0.29, 0.717) is 0 Å². The molecule has 0 atom stereocenters. The number of hydrogen-bond donors (Lipinski definition) is 0. The van der Waals surface area contributed by atoms with Gasteiger partial charge >= 0.3 is 17.1 Å². The Morgan fingerprint density at radius 2 is 1.20 bits per heavy atom. The van der Waals surface area contributed by atoms with Gasteiger partial charge in [0, 0.05) is 17.1 Å². The second-order valence-corrected chi connectivity index (χ2v) is 0. The van der Waals surface area contributed by atoms with Gasteiger partial charge in [-0.25, -0.2) is 12.6 Å². The molecule has 4 heteroatoms. The molecule has 0 rings (SSSR count). The number of hydrogen-bond acceptors (Lipinski definition) is 1. The number of thiol groups is 1. The Labute approximate surface area is 66.3 Å². The van der Waals surface area contributed by atoms with Crippen molar-refractivity contribution in [1.29, 1.82) is 0 Å². The molecule has 0 nitrogen and oxygen atoms in total. The van der Waals surface area contributed by atoms with Gasteiger partial charge in [-0.15, -0.1) is 6.26 Å². The fraction of sp³-hybridized carbons (Fsp3) is 0. The van der Waals surface area contributed by atoms with E-state index in [2.05, 4.69) is 18.9 Å². The van der Waals surface area contributed by atoms with Crippen LogP contribution in [-0.4, -0.2) is 0 Å². The van der Waals surface area contributed by atoms with Gasteiger partial charge < -0.3 is 13.5 Å². The van der Waals surface area contributed by atoms with Crippen molar-refractivity contribution in [2.75, 3.05) is 0 Å². The Bertz CT molecular complexity index is 7.61. The van der Waals surface area contributed by atoms with Gasteiger partial charge in [0.25, 0.3) is 0 Å². The van der Waals surface area contributed by atoms with E-state index in [4.69, 9.17) is 0 Å². The van der Waals surface area contributed by atoms with Crippen LogP contribution in [0.2, 0.25) is 0 Å². The molecule has 0 saturated carbocycles. The minimum atomic E-state index is 0. The Morgan fingerprint density at radius 1 is 1.20 bits per heavy atom. The summed E-state index contributed by atoms with van der Waals surface area (Å²) >= 11 is 2.72. The van der Waals surface area contributed by atoms with Crippen LogP contribution in [0, 0.1) is 6.26 Å². The average Bonchev–Trinajstić information content (AvgIpc) is 1.00. The van der Waals surface area contributed by atoms with Crippen molar-refractivity contribution in [3.63, 3.8) is 0 Å². The Kier molecular flexibility index (Phi) is 252. The summed E-state index contributed by atoms with van der Waals surface area (Å²) in [7, 11) is 0. The second-order valence-electron chi connectivity index (χ2n) is 0. The molecule has 0 bridgehead atoms. The Hall–Kier alpha value is 1.74. The van der Waals surface area contributed by atoms with Crippen molar-refractivity contribution in [3.8, 4) is 0 Å². The van der Waals surface area contributed by atoms with Gasteiger partial charge in [-0.3, -0.25) is 0 Å². The maximum atomic E-state index is 3.06. The van der Waals surface area contributed by atoms with Crippen molar-refractivity contribution in [3.05, 3.63) is 6.26 Å². The van der Waals surface area contributed by atoms with E-state index in [1.54, 1.807) is 0 Å². The molecule has 0 unspecified atom stereocenters. The van der Waals surface area contributed by atoms with E-state index in [1.807, 2.05) is 0 Å². The molecule has 0 saturated heterocycles. The van der Waals surface area contributed by atoms with Crippen LogP contribution in [0.5, 0.6) is 0 Å². The maximum Gasteiger partial charge on any atom is 2.00 e.